The van der Waals surface area contributed by atoms with E-state index in [4.69, 9.17) is 9.84 Å². The summed E-state index contributed by atoms with van der Waals surface area (Å²) in [5.74, 6) is -1.62. The largest absolute Gasteiger partial charge is 0.465 e. The van der Waals surface area contributed by atoms with Crippen LogP contribution in [0.1, 0.15) is 45.4 Å². The van der Waals surface area contributed by atoms with E-state index in [1.54, 1.807) is 16.7 Å². The molecule has 2 saturated heterocycles. The Morgan fingerprint density at radius 2 is 1.97 bits per heavy atom. The quantitative estimate of drug-likeness (QED) is 0.338. The second-order valence-electron chi connectivity index (χ2n) is 9.08. The molecule has 4 rings (SSSR count). The lowest BCUT2D eigenvalue weighted by atomic mass is 9.78. The summed E-state index contributed by atoms with van der Waals surface area (Å²) in [5.41, 5.74) is 0. The highest BCUT2D eigenvalue weighted by molar-refractivity contribution is 8.02. The van der Waals surface area contributed by atoms with Crippen LogP contribution in [0, 0.1) is 11.8 Å². The van der Waals surface area contributed by atoms with Crippen molar-refractivity contribution in [2.75, 3.05) is 32.8 Å². The molecule has 4 aliphatic heterocycles. The summed E-state index contributed by atoms with van der Waals surface area (Å²) in [6.07, 6.45) is 12.9. The third-order valence-electron chi connectivity index (χ3n) is 7.04. The van der Waals surface area contributed by atoms with E-state index in [1.165, 1.54) is 0 Å². The number of ether oxygens (including phenoxy) is 1. The molecule has 1 spiro atoms. The van der Waals surface area contributed by atoms with Crippen LogP contribution >= 0.6 is 11.8 Å². The van der Waals surface area contributed by atoms with Crippen LogP contribution in [0.25, 0.3) is 0 Å². The fraction of sp³-hybridized carbons (Fsp3) is 0.708. The zero-order valence-corrected chi connectivity index (χ0v) is 19.6. The van der Waals surface area contributed by atoms with Gasteiger partial charge in [0.05, 0.1) is 23.2 Å². The van der Waals surface area contributed by atoms with Crippen molar-refractivity contribution >= 4 is 29.5 Å². The third-order valence-corrected chi connectivity index (χ3v) is 8.79. The van der Waals surface area contributed by atoms with E-state index in [0.29, 0.717) is 39.1 Å². The molecule has 32 heavy (non-hydrogen) atoms. The van der Waals surface area contributed by atoms with Gasteiger partial charge in [0.25, 0.3) is 0 Å². The number of cyclic esters (lactones) is 1. The summed E-state index contributed by atoms with van der Waals surface area (Å²) in [4.78, 5) is 44.3. The van der Waals surface area contributed by atoms with Crippen molar-refractivity contribution in [1.82, 2.24) is 9.80 Å². The van der Waals surface area contributed by atoms with Crippen LogP contribution in [0.4, 0.5) is 0 Å². The van der Waals surface area contributed by atoms with Gasteiger partial charge in [0.2, 0.25) is 11.8 Å². The molecule has 0 bridgehead atoms. The second kappa shape index (κ2) is 10.00. The van der Waals surface area contributed by atoms with Crippen molar-refractivity contribution < 1.29 is 24.2 Å². The van der Waals surface area contributed by atoms with Crippen LogP contribution in [0.3, 0.4) is 0 Å². The lowest BCUT2D eigenvalue weighted by molar-refractivity contribution is -0.153. The van der Waals surface area contributed by atoms with Crippen LogP contribution in [0.2, 0.25) is 0 Å². The Balaban J connectivity index is 1.71. The van der Waals surface area contributed by atoms with Gasteiger partial charge in [-0.15, -0.1) is 11.8 Å². The molecule has 5 atom stereocenters. The van der Waals surface area contributed by atoms with E-state index in [2.05, 4.69) is 13.0 Å². The molecule has 0 aromatic rings. The first-order valence-corrected chi connectivity index (χ1v) is 12.8. The Morgan fingerprint density at radius 3 is 2.75 bits per heavy atom. The summed E-state index contributed by atoms with van der Waals surface area (Å²) in [6.45, 7) is 4.21. The standard InChI is InChI=1S/C24H34N2O5S/c1-2-3-12-25-13-9-11-24-19(18-17(32-24)10-5-8-16-31-23(18)30)21(28)26(20(24)22(25)29)14-6-4-7-15-27/h5,9-11,17-20,27H,2-4,6-8,12-16H2,1H3/t17-,18+,19-,20?,24-/m0/s1. The van der Waals surface area contributed by atoms with Gasteiger partial charge in [0.15, 0.2) is 0 Å². The number of aliphatic hydroxyl groups excluding tert-OH is 1. The molecule has 1 N–H and O–H groups in total. The maximum absolute atomic E-state index is 13.8. The molecule has 0 aliphatic carbocycles. The number of carbonyl (C=O) groups is 3. The van der Waals surface area contributed by atoms with Crippen LogP contribution in [-0.2, 0) is 19.1 Å². The number of rotatable bonds is 8. The maximum Gasteiger partial charge on any atom is 0.311 e. The third kappa shape index (κ3) is 4.00. The fourth-order valence-electron chi connectivity index (χ4n) is 5.51. The zero-order valence-electron chi connectivity index (χ0n) is 18.8. The van der Waals surface area contributed by atoms with E-state index >= 15 is 0 Å². The minimum Gasteiger partial charge on any atom is -0.465 e. The highest BCUT2D eigenvalue weighted by Gasteiger charge is 2.70. The maximum atomic E-state index is 13.8. The second-order valence-corrected chi connectivity index (χ2v) is 10.6. The number of likely N-dealkylation sites (tertiary alicyclic amines) is 1. The van der Waals surface area contributed by atoms with Crippen molar-refractivity contribution in [3.05, 3.63) is 24.3 Å². The molecule has 1 unspecified atom stereocenters. The zero-order chi connectivity index (χ0) is 22.7. The molecule has 4 aliphatic rings. The molecule has 0 aromatic heterocycles. The summed E-state index contributed by atoms with van der Waals surface area (Å²) >= 11 is 1.59. The predicted molar refractivity (Wildman–Crippen MR) is 123 cm³/mol. The normalized spacial score (nSPS) is 34.0. The Bertz CT molecular complexity index is 799. The van der Waals surface area contributed by atoms with E-state index < -0.39 is 22.6 Å². The van der Waals surface area contributed by atoms with Gasteiger partial charge in [-0.05, 0) is 32.1 Å². The number of fused-ring (bicyclic) bond motifs is 2. The molecule has 8 heteroatoms. The van der Waals surface area contributed by atoms with Gasteiger partial charge in [-0.1, -0.05) is 37.6 Å². The Labute approximate surface area is 194 Å². The van der Waals surface area contributed by atoms with Crippen molar-refractivity contribution in [3.63, 3.8) is 0 Å². The SMILES string of the molecule is CCCCN1CC=C[C@]23S[C@H]4C=CCCOC(=O)[C@H]4[C@H]2C(=O)N(CCCCCO)C3C1=O. The number of carbonyl (C=O) groups excluding carboxylic acids is 3. The van der Waals surface area contributed by atoms with E-state index in [9.17, 15) is 14.4 Å². The molecule has 7 nitrogen and oxygen atoms in total. The molecule has 176 valence electrons. The van der Waals surface area contributed by atoms with Crippen molar-refractivity contribution in [2.24, 2.45) is 11.8 Å². The molecule has 2 amide bonds. The molecule has 0 aromatic carbocycles. The van der Waals surface area contributed by atoms with E-state index in [1.807, 2.05) is 23.1 Å². The van der Waals surface area contributed by atoms with Crippen molar-refractivity contribution in [1.29, 1.82) is 0 Å². The summed E-state index contributed by atoms with van der Waals surface area (Å²) in [5, 5.41) is 8.95. The first-order valence-electron chi connectivity index (χ1n) is 11.9. The Hall–Kier alpha value is -1.80. The lowest BCUT2D eigenvalue weighted by Crippen LogP contribution is -2.53. The van der Waals surface area contributed by atoms with Crippen molar-refractivity contribution in [3.8, 4) is 0 Å². The topological polar surface area (TPSA) is 87.2 Å². The van der Waals surface area contributed by atoms with Gasteiger partial charge in [-0.2, -0.15) is 0 Å². The van der Waals surface area contributed by atoms with Crippen LogP contribution < -0.4 is 0 Å². The number of hydrogen-bond donors (Lipinski definition) is 1. The minimum atomic E-state index is -0.755. The van der Waals surface area contributed by atoms with Crippen LogP contribution in [0.5, 0.6) is 0 Å². The number of nitrogens with zero attached hydrogens (tertiary/aromatic N) is 2. The van der Waals surface area contributed by atoms with Crippen LogP contribution in [0.15, 0.2) is 24.3 Å². The summed E-state index contributed by atoms with van der Waals surface area (Å²) < 4.78 is 4.73. The molecular weight excluding hydrogens is 428 g/mol. The highest BCUT2D eigenvalue weighted by Crippen LogP contribution is 2.60. The first kappa shape index (κ1) is 23.4. The Kier molecular flexibility index (Phi) is 7.30. The monoisotopic (exact) mass is 462 g/mol. The van der Waals surface area contributed by atoms with Crippen LogP contribution in [-0.4, -0.2) is 81.6 Å². The van der Waals surface area contributed by atoms with Gasteiger partial charge >= 0.3 is 5.97 Å². The van der Waals surface area contributed by atoms with Gasteiger partial charge in [0, 0.05) is 31.5 Å². The number of thioether (sulfide) groups is 1. The van der Waals surface area contributed by atoms with Gasteiger partial charge in [0.1, 0.15) is 6.04 Å². The van der Waals surface area contributed by atoms with E-state index in [-0.39, 0.29) is 29.6 Å². The molecule has 0 radical (unpaired) electrons. The first-order chi connectivity index (χ1) is 15.5. The number of aliphatic hydroxyl groups is 1. The predicted octanol–water partition coefficient (Wildman–Crippen LogP) is 2.15. The van der Waals surface area contributed by atoms with E-state index in [0.717, 1.165) is 25.7 Å². The lowest BCUT2D eigenvalue weighted by Gasteiger charge is -2.35. The molecular formula is C24H34N2O5S. The number of esters is 1. The van der Waals surface area contributed by atoms with Gasteiger partial charge in [-0.25, -0.2) is 0 Å². The molecule has 2 fully saturated rings. The molecule has 4 heterocycles. The summed E-state index contributed by atoms with van der Waals surface area (Å²) in [7, 11) is 0. The number of hydrogen-bond acceptors (Lipinski definition) is 6. The fourth-order valence-corrected chi connectivity index (χ4v) is 7.52. The van der Waals surface area contributed by atoms with Gasteiger partial charge < -0.3 is 19.6 Å². The smallest absolute Gasteiger partial charge is 0.311 e. The summed E-state index contributed by atoms with van der Waals surface area (Å²) in [6, 6.07) is -0.607. The average molecular weight is 463 g/mol. The van der Waals surface area contributed by atoms with Gasteiger partial charge in [-0.3, -0.25) is 14.4 Å². The highest BCUT2D eigenvalue weighted by atomic mass is 32.2. The number of unbranched alkanes of at least 4 members (excludes halogenated alkanes) is 3. The molecule has 0 saturated carbocycles. The van der Waals surface area contributed by atoms with Crippen molar-refractivity contribution in [2.45, 2.75) is 61.5 Å². The number of amides is 2. The minimum absolute atomic E-state index is 0.0134. The average Bonchev–Trinajstić information content (AvgIpc) is 3.15. The Morgan fingerprint density at radius 1 is 1.12 bits per heavy atom.